The van der Waals surface area contributed by atoms with Crippen molar-refractivity contribution >= 4 is 11.6 Å². The molecule has 0 radical (unpaired) electrons. The summed E-state index contributed by atoms with van der Waals surface area (Å²) in [5, 5.41) is 4.35. The molecule has 0 aromatic heterocycles. The monoisotopic (exact) mass is 285 g/mol. The van der Waals surface area contributed by atoms with E-state index in [1.807, 2.05) is 12.1 Å². The highest BCUT2D eigenvalue weighted by molar-refractivity contribution is 6.30. The van der Waals surface area contributed by atoms with Crippen LogP contribution < -0.4 is 5.32 Å². The van der Waals surface area contributed by atoms with Gasteiger partial charge in [-0.2, -0.15) is 0 Å². The maximum absolute atomic E-state index is 6.10. The largest absolute Gasteiger partial charge is 0.313 e. The van der Waals surface area contributed by atoms with Gasteiger partial charge in [-0.05, 0) is 61.1 Å². The molecular formula is C18H20ClN. The Morgan fingerprint density at radius 3 is 2.80 bits per heavy atom. The van der Waals surface area contributed by atoms with E-state index in [9.17, 15) is 0 Å². The molecule has 1 aliphatic rings. The molecular weight excluding hydrogens is 266 g/mol. The number of hydrogen-bond acceptors (Lipinski definition) is 1. The SMILES string of the molecule is CNC1c2ccccc2CCC1Cc1cccc(Cl)c1. The van der Waals surface area contributed by atoms with Gasteiger partial charge in [0.1, 0.15) is 0 Å². The molecule has 1 nitrogen and oxygen atoms in total. The molecule has 1 N–H and O–H groups in total. The van der Waals surface area contributed by atoms with Crippen LogP contribution in [0.25, 0.3) is 0 Å². The van der Waals surface area contributed by atoms with Crippen molar-refractivity contribution in [3.63, 3.8) is 0 Å². The Morgan fingerprint density at radius 1 is 1.15 bits per heavy atom. The molecule has 0 amide bonds. The molecule has 1 aliphatic carbocycles. The summed E-state index contributed by atoms with van der Waals surface area (Å²) in [6, 6.07) is 17.5. The van der Waals surface area contributed by atoms with Crippen LogP contribution in [0.3, 0.4) is 0 Å². The van der Waals surface area contributed by atoms with E-state index in [1.54, 1.807) is 0 Å². The van der Waals surface area contributed by atoms with Crippen LogP contribution >= 0.6 is 11.6 Å². The molecule has 2 unspecified atom stereocenters. The Balaban J connectivity index is 1.84. The van der Waals surface area contributed by atoms with Crippen LogP contribution in [0.1, 0.15) is 29.2 Å². The van der Waals surface area contributed by atoms with Gasteiger partial charge in [0.15, 0.2) is 0 Å². The normalized spacial score (nSPS) is 21.5. The number of rotatable bonds is 3. The number of hydrogen-bond donors (Lipinski definition) is 1. The summed E-state index contributed by atoms with van der Waals surface area (Å²) in [5.74, 6) is 0.633. The molecule has 0 bridgehead atoms. The van der Waals surface area contributed by atoms with Gasteiger partial charge in [-0.25, -0.2) is 0 Å². The lowest BCUT2D eigenvalue weighted by Crippen LogP contribution is -2.31. The van der Waals surface area contributed by atoms with Gasteiger partial charge in [0.05, 0.1) is 0 Å². The second-order valence-corrected chi connectivity index (χ2v) is 6.03. The zero-order valence-electron chi connectivity index (χ0n) is 11.8. The first-order valence-electron chi connectivity index (χ1n) is 7.27. The van der Waals surface area contributed by atoms with Gasteiger partial charge in [-0.1, -0.05) is 48.0 Å². The molecule has 2 aromatic rings. The second-order valence-electron chi connectivity index (χ2n) is 5.60. The Morgan fingerprint density at radius 2 is 2.00 bits per heavy atom. The van der Waals surface area contributed by atoms with E-state index in [0.29, 0.717) is 12.0 Å². The summed E-state index contributed by atoms with van der Waals surface area (Å²) in [4.78, 5) is 0. The van der Waals surface area contributed by atoms with E-state index in [4.69, 9.17) is 11.6 Å². The lowest BCUT2D eigenvalue weighted by atomic mass is 9.77. The highest BCUT2D eigenvalue weighted by Crippen LogP contribution is 2.36. The highest BCUT2D eigenvalue weighted by Gasteiger charge is 2.28. The van der Waals surface area contributed by atoms with Crippen LogP contribution in [0.5, 0.6) is 0 Å². The van der Waals surface area contributed by atoms with Gasteiger partial charge >= 0.3 is 0 Å². The maximum Gasteiger partial charge on any atom is 0.0408 e. The van der Waals surface area contributed by atoms with Crippen molar-refractivity contribution in [2.75, 3.05) is 7.05 Å². The summed E-state index contributed by atoms with van der Waals surface area (Å²) >= 11 is 6.10. The number of aryl methyl sites for hydroxylation is 1. The maximum atomic E-state index is 6.10. The molecule has 0 saturated carbocycles. The fraction of sp³-hybridized carbons (Fsp3) is 0.333. The summed E-state index contributed by atoms with van der Waals surface area (Å²) in [7, 11) is 2.07. The van der Waals surface area contributed by atoms with Crippen molar-refractivity contribution in [2.45, 2.75) is 25.3 Å². The van der Waals surface area contributed by atoms with Gasteiger partial charge in [0.2, 0.25) is 0 Å². The molecule has 0 aliphatic heterocycles. The first kappa shape index (κ1) is 13.7. The van der Waals surface area contributed by atoms with Crippen molar-refractivity contribution in [2.24, 2.45) is 5.92 Å². The zero-order chi connectivity index (χ0) is 13.9. The quantitative estimate of drug-likeness (QED) is 0.881. The van der Waals surface area contributed by atoms with Crippen LogP contribution in [-0.2, 0) is 12.8 Å². The van der Waals surface area contributed by atoms with Crippen LogP contribution in [0, 0.1) is 5.92 Å². The van der Waals surface area contributed by atoms with Gasteiger partial charge in [0, 0.05) is 11.1 Å². The predicted molar refractivity (Wildman–Crippen MR) is 85.2 cm³/mol. The molecule has 0 heterocycles. The fourth-order valence-corrected chi connectivity index (χ4v) is 3.62. The van der Waals surface area contributed by atoms with Crippen LogP contribution in [0.15, 0.2) is 48.5 Å². The summed E-state index contributed by atoms with van der Waals surface area (Å²) < 4.78 is 0. The molecule has 3 rings (SSSR count). The van der Waals surface area contributed by atoms with Crippen molar-refractivity contribution in [3.8, 4) is 0 Å². The Labute approximate surface area is 126 Å². The smallest absolute Gasteiger partial charge is 0.0408 e. The van der Waals surface area contributed by atoms with Gasteiger partial charge < -0.3 is 5.32 Å². The van der Waals surface area contributed by atoms with Crippen molar-refractivity contribution in [1.82, 2.24) is 5.32 Å². The van der Waals surface area contributed by atoms with E-state index >= 15 is 0 Å². The van der Waals surface area contributed by atoms with Crippen LogP contribution in [-0.4, -0.2) is 7.05 Å². The first-order valence-corrected chi connectivity index (χ1v) is 7.65. The Hall–Kier alpha value is -1.31. The lowest BCUT2D eigenvalue weighted by Gasteiger charge is -2.33. The Kier molecular flexibility index (Phi) is 4.09. The Bertz CT molecular complexity index is 593. The molecule has 20 heavy (non-hydrogen) atoms. The second kappa shape index (κ2) is 5.99. The van der Waals surface area contributed by atoms with E-state index in [2.05, 4.69) is 48.8 Å². The number of halogens is 1. The van der Waals surface area contributed by atoms with Crippen molar-refractivity contribution in [3.05, 3.63) is 70.2 Å². The summed E-state index contributed by atoms with van der Waals surface area (Å²) in [6.07, 6.45) is 3.50. The van der Waals surface area contributed by atoms with E-state index in [0.717, 1.165) is 11.4 Å². The lowest BCUT2D eigenvalue weighted by molar-refractivity contribution is 0.335. The average molecular weight is 286 g/mol. The minimum absolute atomic E-state index is 0.443. The van der Waals surface area contributed by atoms with Gasteiger partial charge in [-0.3, -0.25) is 0 Å². The average Bonchev–Trinajstić information content (AvgIpc) is 2.47. The number of fused-ring (bicyclic) bond motifs is 1. The molecule has 2 heteroatoms. The number of nitrogens with one attached hydrogen (secondary N) is 1. The van der Waals surface area contributed by atoms with Gasteiger partial charge in [0.25, 0.3) is 0 Å². The van der Waals surface area contributed by atoms with E-state index < -0.39 is 0 Å². The van der Waals surface area contributed by atoms with Crippen LogP contribution in [0.4, 0.5) is 0 Å². The van der Waals surface area contributed by atoms with Gasteiger partial charge in [-0.15, -0.1) is 0 Å². The zero-order valence-corrected chi connectivity index (χ0v) is 12.5. The third-order valence-electron chi connectivity index (χ3n) is 4.34. The highest BCUT2D eigenvalue weighted by atomic mass is 35.5. The molecule has 2 aromatic carbocycles. The topological polar surface area (TPSA) is 12.0 Å². The molecule has 2 atom stereocenters. The molecule has 0 fully saturated rings. The standard InChI is InChI=1S/C18H20ClN/c1-20-18-15(11-13-5-4-7-16(19)12-13)10-9-14-6-2-3-8-17(14)18/h2-8,12,15,18,20H,9-11H2,1H3. The predicted octanol–water partition coefficient (Wildman–Crippen LogP) is 4.41. The molecule has 0 saturated heterocycles. The van der Waals surface area contributed by atoms with E-state index in [1.165, 1.54) is 29.5 Å². The van der Waals surface area contributed by atoms with Crippen molar-refractivity contribution in [1.29, 1.82) is 0 Å². The van der Waals surface area contributed by atoms with Crippen LogP contribution in [0.2, 0.25) is 5.02 Å². The minimum atomic E-state index is 0.443. The third kappa shape index (κ3) is 2.74. The molecule has 0 spiro atoms. The van der Waals surface area contributed by atoms with E-state index in [-0.39, 0.29) is 0 Å². The minimum Gasteiger partial charge on any atom is -0.313 e. The number of benzene rings is 2. The summed E-state index contributed by atoms with van der Waals surface area (Å²) in [5.41, 5.74) is 4.30. The fourth-order valence-electron chi connectivity index (χ4n) is 3.40. The first-order chi connectivity index (χ1) is 9.78. The molecule has 104 valence electrons. The third-order valence-corrected chi connectivity index (χ3v) is 4.58. The van der Waals surface area contributed by atoms with Crippen molar-refractivity contribution < 1.29 is 0 Å². The summed E-state index contributed by atoms with van der Waals surface area (Å²) in [6.45, 7) is 0.